The monoisotopic (exact) mass is 814 g/mol. The van der Waals surface area contributed by atoms with Crippen molar-refractivity contribution < 1.29 is 50.7 Å². The van der Waals surface area contributed by atoms with Gasteiger partial charge in [0.2, 0.25) is 0 Å². The van der Waals surface area contributed by atoms with Crippen LogP contribution in [0.1, 0.15) is 113 Å². The van der Waals surface area contributed by atoms with Crippen LogP contribution in [-0.2, 0) is 42.1 Å². The molecule has 0 aliphatic heterocycles. The van der Waals surface area contributed by atoms with Crippen molar-refractivity contribution in [1.82, 2.24) is 0 Å². The molecule has 0 heterocycles. The molecule has 240 valence electrons. The Morgan fingerprint density at radius 2 is 1.07 bits per heavy atom. The van der Waals surface area contributed by atoms with Gasteiger partial charge in [-0.3, -0.25) is 0 Å². The minimum Gasteiger partial charge on any atom is -1.00 e. The second-order valence-electron chi connectivity index (χ2n) is 14.8. The SMILES string of the molecule is CCCCC1=CCC(C(c2ccccc2)(c2ccccc2)C2c3cc(C(C)(C)C)ccc3-c3ccc(C(C)(C)C)cc32)=C1.[Cl-].[Cl-].[Hf]. The van der Waals surface area contributed by atoms with E-state index in [0.29, 0.717) is 0 Å². The quantitative estimate of drug-likeness (QED) is 0.206. The smallest absolute Gasteiger partial charge is 0.0526 e. The summed E-state index contributed by atoms with van der Waals surface area (Å²) in [5.41, 5.74) is 14.1. The number of hydrogen-bond donors (Lipinski definition) is 0. The molecule has 3 heteroatoms. The minimum atomic E-state index is -0.347. The van der Waals surface area contributed by atoms with E-state index in [1.165, 1.54) is 68.5 Å². The third-order valence-electron chi connectivity index (χ3n) is 9.91. The molecule has 0 amide bonds. The van der Waals surface area contributed by atoms with Crippen molar-refractivity contribution in [3.05, 3.63) is 154 Å². The summed E-state index contributed by atoms with van der Waals surface area (Å²) in [6, 6.07) is 37.5. The van der Waals surface area contributed by atoms with Crippen LogP contribution in [0.15, 0.2) is 120 Å². The van der Waals surface area contributed by atoms with Gasteiger partial charge < -0.3 is 24.8 Å². The molecule has 0 aromatic heterocycles. The van der Waals surface area contributed by atoms with Crippen molar-refractivity contribution in [1.29, 1.82) is 0 Å². The molecule has 4 aromatic carbocycles. The molecule has 0 radical (unpaired) electrons. The van der Waals surface area contributed by atoms with Crippen LogP contribution in [0.5, 0.6) is 0 Å². The largest absolute Gasteiger partial charge is 1.00 e. The first-order valence-corrected chi connectivity index (χ1v) is 16.4. The number of fused-ring (bicyclic) bond motifs is 3. The van der Waals surface area contributed by atoms with Gasteiger partial charge in [-0.25, -0.2) is 0 Å². The molecule has 2 aliphatic carbocycles. The third-order valence-corrected chi connectivity index (χ3v) is 9.91. The van der Waals surface area contributed by atoms with E-state index >= 15 is 0 Å². The van der Waals surface area contributed by atoms with Gasteiger partial charge in [0.1, 0.15) is 0 Å². The summed E-state index contributed by atoms with van der Waals surface area (Å²) in [5.74, 6) is 0.150. The third kappa shape index (κ3) is 6.85. The van der Waals surface area contributed by atoms with Crippen LogP contribution in [0.3, 0.4) is 0 Å². The number of unbranched alkanes of at least 4 members (excludes halogenated alkanes) is 1. The zero-order chi connectivity index (χ0) is 30.4. The first-order chi connectivity index (χ1) is 20.5. The van der Waals surface area contributed by atoms with Crippen LogP contribution in [0.4, 0.5) is 0 Å². The van der Waals surface area contributed by atoms with Gasteiger partial charge in [-0.15, -0.1) is 0 Å². The summed E-state index contributed by atoms with van der Waals surface area (Å²) >= 11 is 0. The van der Waals surface area contributed by atoms with E-state index in [9.17, 15) is 0 Å². The average Bonchev–Trinajstić information content (AvgIpc) is 3.60. The molecule has 0 spiro atoms. The molecule has 46 heavy (non-hydrogen) atoms. The van der Waals surface area contributed by atoms with Crippen LogP contribution < -0.4 is 24.8 Å². The maximum atomic E-state index is 2.58. The van der Waals surface area contributed by atoms with E-state index in [0.717, 1.165) is 12.8 Å². The number of allylic oxidation sites excluding steroid dienone is 4. The van der Waals surface area contributed by atoms with Gasteiger partial charge in [-0.1, -0.05) is 175 Å². The standard InChI is InChI=1S/C43H48.2ClH.Hf/c1-8-9-16-30-21-22-35(27-30)43(31-17-12-10-13-18-31,32-19-14-11-15-20-32)40-38-28-33(41(2,3)4)23-25-36(38)37-26-24-34(29-39(37)40)42(5,6)7;;;/h10-15,17-21,23-29,40H,8-9,16,22H2,1-7H3;2*1H;/p-2. The van der Waals surface area contributed by atoms with Gasteiger partial charge in [0.25, 0.3) is 0 Å². The van der Waals surface area contributed by atoms with Crippen LogP contribution in [-0.4, -0.2) is 0 Å². The molecule has 0 fully saturated rings. The van der Waals surface area contributed by atoms with Gasteiger partial charge in [-0.2, -0.15) is 0 Å². The molecule has 0 saturated heterocycles. The van der Waals surface area contributed by atoms with Crippen LogP contribution >= 0.6 is 0 Å². The minimum absolute atomic E-state index is 0. The summed E-state index contributed by atoms with van der Waals surface area (Å²) in [6.07, 6.45) is 9.69. The summed E-state index contributed by atoms with van der Waals surface area (Å²) in [7, 11) is 0. The molecule has 0 nitrogen and oxygen atoms in total. The zero-order valence-electron chi connectivity index (χ0n) is 28.6. The van der Waals surface area contributed by atoms with Crippen molar-refractivity contribution in [3.63, 3.8) is 0 Å². The molecule has 0 N–H and O–H groups in total. The predicted octanol–water partition coefficient (Wildman–Crippen LogP) is 5.83. The number of rotatable bonds is 7. The van der Waals surface area contributed by atoms with Crippen molar-refractivity contribution in [2.75, 3.05) is 0 Å². The van der Waals surface area contributed by atoms with Crippen molar-refractivity contribution >= 4 is 0 Å². The summed E-state index contributed by atoms with van der Waals surface area (Å²) in [4.78, 5) is 0. The molecule has 0 saturated carbocycles. The Bertz CT molecular complexity index is 1580. The summed E-state index contributed by atoms with van der Waals surface area (Å²) in [5, 5.41) is 0. The molecule has 6 rings (SSSR count). The van der Waals surface area contributed by atoms with Gasteiger partial charge >= 0.3 is 0 Å². The van der Waals surface area contributed by atoms with Gasteiger partial charge in [0.15, 0.2) is 0 Å². The zero-order valence-corrected chi connectivity index (χ0v) is 33.7. The van der Waals surface area contributed by atoms with E-state index in [-0.39, 0.29) is 72.8 Å². The fourth-order valence-electron chi connectivity index (χ4n) is 7.53. The Balaban J connectivity index is 0.00000192. The number of halogens is 2. The Kier molecular flexibility index (Phi) is 12.4. The fraction of sp³-hybridized carbons (Fsp3) is 0.349. The maximum absolute atomic E-state index is 2.58. The van der Waals surface area contributed by atoms with Gasteiger partial charge in [0, 0.05) is 31.8 Å². The molecule has 4 aromatic rings. The van der Waals surface area contributed by atoms with E-state index in [1.54, 1.807) is 0 Å². The average molecular weight is 814 g/mol. The van der Waals surface area contributed by atoms with Crippen molar-refractivity contribution in [2.24, 2.45) is 0 Å². The Morgan fingerprint density at radius 3 is 1.48 bits per heavy atom. The molecular formula is C43H48Cl2Hf-2. The first kappa shape index (κ1) is 38.3. The van der Waals surface area contributed by atoms with Crippen molar-refractivity contribution in [3.8, 4) is 11.1 Å². The molecule has 0 atom stereocenters. The predicted molar refractivity (Wildman–Crippen MR) is 185 cm³/mol. The molecule has 2 aliphatic rings. The van der Waals surface area contributed by atoms with Crippen LogP contribution in [0, 0.1) is 0 Å². The van der Waals surface area contributed by atoms with Crippen molar-refractivity contribution in [2.45, 2.75) is 96.3 Å². The van der Waals surface area contributed by atoms with E-state index in [1.807, 2.05) is 0 Å². The van der Waals surface area contributed by atoms with Crippen LogP contribution in [0.2, 0.25) is 0 Å². The second kappa shape index (κ2) is 14.9. The van der Waals surface area contributed by atoms with E-state index in [4.69, 9.17) is 0 Å². The molecule has 0 bridgehead atoms. The van der Waals surface area contributed by atoms with E-state index < -0.39 is 0 Å². The number of benzene rings is 4. The Hall–Kier alpha value is -2.19. The number of hydrogen-bond acceptors (Lipinski definition) is 0. The topological polar surface area (TPSA) is 0 Å². The normalized spacial score (nSPS) is 14.2. The maximum Gasteiger partial charge on any atom is 0.0526 e. The summed E-state index contributed by atoms with van der Waals surface area (Å²) < 4.78 is 0. The van der Waals surface area contributed by atoms with Gasteiger partial charge in [0.05, 0.1) is 5.41 Å². The second-order valence-corrected chi connectivity index (χ2v) is 14.8. The van der Waals surface area contributed by atoms with E-state index in [2.05, 4.69) is 158 Å². The molecule has 0 unspecified atom stereocenters. The molecular weight excluding hydrogens is 766 g/mol. The first-order valence-electron chi connectivity index (χ1n) is 16.4. The Labute approximate surface area is 309 Å². The van der Waals surface area contributed by atoms with Crippen LogP contribution in [0.25, 0.3) is 11.1 Å². The fourth-order valence-corrected chi connectivity index (χ4v) is 7.53. The summed E-state index contributed by atoms with van der Waals surface area (Å²) in [6.45, 7) is 16.3. The Morgan fingerprint density at radius 1 is 0.609 bits per heavy atom. The van der Waals surface area contributed by atoms with Gasteiger partial charge in [-0.05, 0) is 74.6 Å².